The summed E-state index contributed by atoms with van der Waals surface area (Å²) in [5.41, 5.74) is -1.95. The van der Waals surface area contributed by atoms with Crippen LogP contribution >= 0.6 is 11.6 Å². The topological polar surface area (TPSA) is 93.2 Å². The molecular formula is C14H15ClN2O4. The van der Waals surface area contributed by atoms with E-state index in [0.717, 1.165) is 0 Å². The molecule has 1 aromatic carbocycles. The highest BCUT2D eigenvalue weighted by molar-refractivity contribution is 6.17. The predicted octanol–water partition coefficient (Wildman–Crippen LogP) is 2.94. The molecule has 7 heteroatoms. The van der Waals surface area contributed by atoms with E-state index in [1.54, 1.807) is 13.0 Å². The molecule has 0 saturated carbocycles. The van der Waals surface area contributed by atoms with E-state index in [0.29, 0.717) is 6.42 Å². The van der Waals surface area contributed by atoms with E-state index in [4.69, 9.17) is 16.3 Å². The number of halogens is 1. The van der Waals surface area contributed by atoms with Crippen molar-refractivity contribution >= 4 is 23.3 Å². The molecule has 1 atom stereocenters. The number of carbonyl (C=O) groups is 1. The average molecular weight is 311 g/mol. The Morgan fingerprint density at radius 2 is 2.19 bits per heavy atom. The first-order valence-corrected chi connectivity index (χ1v) is 6.95. The van der Waals surface area contributed by atoms with Crippen LogP contribution in [-0.2, 0) is 14.9 Å². The SMILES string of the molecule is CCOC(=O)C(C#N)(CCCCl)c1ccccc1[N+](=O)[O-]. The highest BCUT2D eigenvalue weighted by Crippen LogP contribution is 2.36. The summed E-state index contributed by atoms with van der Waals surface area (Å²) in [7, 11) is 0. The fraction of sp³-hybridized carbons (Fsp3) is 0.429. The van der Waals surface area contributed by atoms with E-state index in [1.807, 2.05) is 6.07 Å². The van der Waals surface area contributed by atoms with Gasteiger partial charge in [0.25, 0.3) is 5.69 Å². The minimum Gasteiger partial charge on any atom is -0.465 e. The molecule has 0 N–H and O–H groups in total. The first kappa shape index (κ1) is 16.9. The Labute approximate surface area is 127 Å². The van der Waals surface area contributed by atoms with Crippen LogP contribution in [0.5, 0.6) is 0 Å². The second-order valence-electron chi connectivity index (χ2n) is 4.30. The van der Waals surface area contributed by atoms with Gasteiger partial charge in [-0.1, -0.05) is 12.1 Å². The number of esters is 1. The highest BCUT2D eigenvalue weighted by atomic mass is 35.5. The molecule has 0 heterocycles. The maximum atomic E-state index is 12.3. The lowest BCUT2D eigenvalue weighted by atomic mass is 9.77. The van der Waals surface area contributed by atoms with Gasteiger partial charge in [0.2, 0.25) is 0 Å². The third-order valence-corrected chi connectivity index (χ3v) is 3.33. The van der Waals surface area contributed by atoms with Crippen molar-refractivity contribution in [1.29, 1.82) is 5.26 Å². The minimum absolute atomic E-state index is 0.0427. The van der Waals surface area contributed by atoms with Crippen molar-refractivity contribution in [1.82, 2.24) is 0 Å². The summed E-state index contributed by atoms with van der Waals surface area (Å²) in [6, 6.07) is 7.62. The zero-order valence-electron chi connectivity index (χ0n) is 11.5. The summed E-state index contributed by atoms with van der Waals surface area (Å²) in [5, 5.41) is 20.7. The molecule has 0 aliphatic rings. The lowest BCUT2D eigenvalue weighted by molar-refractivity contribution is -0.385. The number of nitro benzene ring substituents is 1. The fourth-order valence-corrected chi connectivity index (χ4v) is 2.22. The molecule has 0 aliphatic carbocycles. The van der Waals surface area contributed by atoms with Crippen LogP contribution in [0.3, 0.4) is 0 Å². The van der Waals surface area contributed by atoms with Gasteiger partial charge in [-0.3, -0.25) is 10.1 Å². The van der Waals surface area contributed by atoms with E-state index in [2.05, 4.69) is 0 Å². The lowest BCUT2D eigenvalue weighted by Gasteiger charge is -2.24. The minimum atomic E-state index is -1.71. The first-order valence-electron chi connectivity index (χ1n) is 6.41. The van der Waals surface area contributed by atoms with Crippen LogP contribution in [0.2, 0.25) is 0 Å². The van der Waals surface area contributed by atoms with E-state index < -0.39 is 16.3 Å². The van der Waals surface area contributed by atoms with Gasteiger partial charge in [-0.2, -0.15) is 5.26 Å². The first-order chi connectivity index (χ1) is 10.0. The van der Waals surface area contributed by atoms with Crippen LogP contribution in [0.1, 0.15) is 25.3 Å². The number of para-hydroxylation sites is 1. The monoisotopic (exact) mass is 310 g/mol. The summed E-state index contributed by atoms with van der Waals surface area (Å²) in [5.74, 6) is -0.546. The molecule has 112 valence electrons. The number of benzene rings is 1. The second-order valence-corrected chi connectivity index (χ2v) is 4.68. The average Bonchev–Trinajstić information content (AvgIpc) is 2.49. The summed E-state index contributed by atoms with van der Waals surface area (Å²) in [6.07, 6.45) is 0.427. The van der Waals surface area contributed by atoms with Gasteiger partial charge in [0.1, 0.15) is 0 Å². The van der Waals surface area contributed by atoms with Gasteiger partial charge in [-0.05, 0) is 25.8 Å². The summed E-state index contributed by atoms with van der Waals surface area (Å²) < 4.78 is 4.96. The Bertz CT molecular complexity index is 570. The van der Waals surface area contributed by atoms with Gasteiger partial charge in [-0.25, -0.2) is 4.79 Å². The van der Waals surface area contributed by atoms with Crippen molar-refractivity contribution in [2.45, 2.75) is 25.2 Å². The van der Waals surface area contributed by atoms with Gasteiger partial charge in [0, 0.05) is 11.9 Å². The summed E-state index contributed by atoms with van der Waals surface area (Å²) >= 11 is 5.64. The van der Waals surface area contributed by atoms with Crippen LogP contribution < -0.4 is 0 Å². The quantitative estimate of drug-likeness (QED) is 0.334. The zero-order chi connectivity index (χ0) is 15.9. The molecule has 1 rings (SSSR count). The van der Waals surface area contributed by atoms with E-state index in [9.17, 15) is 20.2 Å². The molecule has 21 heavy (non-hydrogen) atoms. The number of carbonyl (C=O) groups excluding carboxylic acids is 1. The van der Waals surface area contributed by atoms with Crippen molar-refractivity contribution < 1.29 is 14.5 Å². The molecule has 6 nitrogen and oxygen atoms in total. The highest BCUT2D eigenvalue weighted by Gasteiger charge is 2.45. The van der Waals surface area contributed by atoms with Crippen LogP contribution in [0.4, 0.5) is 5.69 Å². The molecule has 0 aliphatic heterocycles. The molecule has 0 aromatic heterocycles. The van der Waals surface area contributed by atoms with Crippen molar-refractivity contribution in [2.75, 3.05) is 12.5 Å². The van der Waals surface area contributed by atoms with Crippen molar-refractivity contribution in [3.05, 3.63) is 39.9 Å². The van der Waals surface area contributed by atoms with E-state index in [-0.39, 0.29) is 30.2 Å². The number of nitrogens with zero attached hydrogens (tertiary/aromatic N) is 2. The number of rotatable bonds is 7. The van der Waals surface area contributed by atoms with E-state index >= 15 is 0 Å². The van der Waals surface area contributed by atoms with Gasteiger partial charge in [0.15, 0.2) is 5.41 Å². The number of hydrogen-bond acceptors (Lipinski definition) is 5. The van der Waals surface area contributed by atoms with Gasteiger partial charge < -0.3 is 4.74 Å². The standard InChI is InChI=1S/C14H15ClN2O4/c1-2-21-13(18)14(10-16,8-5-9-15)11-6-3-4-7-12(11)17(19)20/h3-4,6-7H,2,5,8-9H2,1H3. The maximum absolute atomic E-state index is 12.3. The van der Waals surface area contributed by atoms with Crippen molar-refractivity contribution in [3.8, 4) is 6.07 Å². The fourth-order valence-electron chi connectivity index (χ4n) is 2.09. The largest absolute Gasteiger partial charge is 0.465 e. The Kier molecular flexibility index (Phi) is 6.12. The van der Waals surface area contributed by atoms with Crippen LogP contribution in [0.25, 0.3) is 0 Å². The number of ether oxygens (including phenoxy) is 1. The Morgan fingerprint density at radius 3 is 2.71 bits per heavy atom. The van der Waals surface area contributed by atoms with Crippen molar-refractivity contribution in [2.24, 2.45) is 0 Å². The van der Waals surface area contributed by atoms with Crippen LogP contribution in [-0.4, -0.2) is 23.4 Å². The molecule has 0 bridgehead atoms. The molecular weight excluding hydrogens is 296 g/mol. The Hall–Kier alpha value is -2.13. The Balaban J connectivity index is 3.46. The molecule has 1 aromatic rings. The molecule has 0 spiro atoms. The lowest BCUT2D eigenvalue weighted by Crippen LogP contribution is -2.37. The summed E-state index contributed by atoms with van der Waals surface area (Å²) in [6.45, 7) is 1.70. The van der Waals surface area contributed by atoms with Gasteiger partial charge in [0.05, 0.1) is 23.2 Å². The van der Waals surface area contributed by atoms with Crippen molar-refractivity contribution in [3.63, 3.8) is 0 Å². The van der Waals surface area contributed by atoms with Gasteiger partial charge >= 0.3 is 5.97 Å². The summed E-state index contributed by atoms with van der Waals surface area (Å²) in [4.78, 5) is 22.8. The molecule has 1 unspecified atom stereocenters. The normalized spacial score (nSPS) is 13.0. The third kappa shape index (κ3) is 3.50. The maximum Gasteiger partial charge on any atom is 0.331 e. The number of hydrogen-bond donors (Lipinski definition) is 0. The molecule has 0 fully saturated rings. The number of nitriles is 1. The van der Waals surface area contributed by atoms with E-state index in [1.165, 1.54) is 18.2 Å². The third-order valence-electron chi connectivity index (χ3n) is 3.06. The zero-order valence-corrected chi connectivity index (χ0v) is 12.3. The number of nitro groups is 1. The van der Waals surface area contributed by atoms with Crippen LogP contribution in [0, 0.1) is 21.4 Å². The molecule has 0 radical (unpaired) electrons. The van der Waals surface area contributed by atoms with Crippen LogP contribution in [0.15, 0.2) is 24.3 Å². The Morgan fingerprint density at radius 1 is 1.52 bits per heavy atom. The predicted molar refractivity (Wildman–Crippen MR) is 77.0 cm³/mol. The smallest absolute Gasteiger partial charge is 0.331 e. The number of alkyl halides is 1. The second kappa shape index (κ2) is 7.60. The molecule has 0 saturated heterocycles. The molecule has 0 amide bonds. The van der Waals surface area contributed by atoms with Gasteiger partial charge in [-0.15, -0.1) is 11.6 Å².